The number of nitrogens with one attached hydrogen (secondary N) is 1. The van der Waals surface area contributed by atoms with E-state index in [0.29, 0.717) is 12.1 Å². The Kier molecular flexibility index (Phi) is 7.06. The van der Waals surface area contributed by atoms with E-state index in [0.717, 1.165) is 19.1 Å². The summed E-state index contributed by atoms with van der Waals surface area (Å²) in [5.74, 6) is 0.838. The van der Waals surface area contributed by atoms with E-state index < -0.39 is 0 Å². The topological polar surface area (TPSA) is 21.3 Å². The molecule has 2 unspecified atom stereocenters. The first-order valence-corrected chi connectivity index (χ1v) is 7.07. The SMILES string of the molecule is CCNC(CCCC(C)C)CC1CCCO1. The van der Waals surface area contributed by atoms with Gasteiger partial charge in [-0.3, -0.25) is 0 Å². The quantitative estimate of drug-likeness (QED) is 0.686. The van der Waals surface area contributed by atoms with Gasteiger partial charge in [-0.2, -0.15) is 0 Å². The number of hydrogen-bond acceptors (Lipinski definition) is 2. The van der Waals surface area contributed by atoms with E-state index in [1.54, 1.807) is 0 Å². The number of rotatable bonds is 8. The van der Waals surface area contributed by atoms with Gasteiger partial charge in [-0.05, 0) is 38.1 Å². The molecular formula is C14H29NO. The van der Waals surface area contributed by atoms with Crippen LogP contribution in [0.3, 0.4) is 0 Å². The molecule has 16 heavy (non-hydrogen) atoms. The van der Waals surface area contributed by atoms with Gasteiger partial charge in [0, 0.05) is 12.6 Å². The minimum absolute atomic E-state index is 0.531. The number of ether oxygens (including phenoxy) is 1. The molecule has 1 rings (SSSR count). The highest BCUT2D eigenvalue weighted by atomic mass is 16.5. The summed E-state index contributed by atoms with van der Waals surface area (Å²) < 4.78 is 5.72. The van der Waals surface area contributed by atoms with Crippen molar-refractivity contribution in [1.82, 2.24) is 5.32 Å². The van der Waals surface area contributed by atoms with Crippen LogP contribution in [-0.4, -0.2) is 25.3 Å². The molecule has 0 bridgehead atoms. The lowest BCUT2D eigenvalue weighted by molar-refractivity contribution is 0.0934. The molecule has 1 N–H and O–H groups in total. The van der Waals surface area contributed by atoms with Crippen molar-refractivity contribution in [3.63, 3.8) is 0 Å². The Hall–Kier alpha value is -0.0800. The largest absolute Gasteiger partial charge is 0.378 e. The normalized spacial score (nSPS) is 22.9. The Morgan fingerprint density at radius 1 is 1.31 bits per heavy atom. The lowest BCUT2D eigenvalue weighted by Gasteiger charge is -2.21. The standard InChI is InChI=1S/C14H29NO/c1-4-15-13(8-5-7-12(2)3)11-14-9-6-10-16-14/h12-15H,4-11H2,1-3H3. The van der Waals surface area contributed by atoms with Crippen molar-refractivity contribution in [3.8, 4) is 0 Å². The van der Waals surface area contributed by atoms with Crippen molar-refractivity contribution in [2.75, 3.05) is 13.2 Å². The molecule has 1 fully saturated rings. The van der Waals surface area contributed by atoms with Gasteiger partial charge in [0.15, 0.2) is 0 Å². The monoisotopic (exact) mass is 227 g/mol. The Balaban J connectivity index is 2.17. The molecule has 2 nitrogen and oxygen atoms in total. The van der Waals surface area contributed by atoms with Crippen LogP contribution in [0.2, 0.25) is 0 Å². The first kappa shape index (κ1) is 14.0. The Bertz CT molecular complexity index is 164. The van der Waals surface area contributed by atoms with E-state index in [1.165, 1.54) is 38.5 Å². The lowest BCUT2D eigenvalue weighted by Crippen LogP contribution is -2.32. The van der Waals surface area contributed by atoms with Crippen LogP contribution in [0, 0.1) is 5.92 Å². The van der Waals surface area contributed by atoms with Crippen LogP contribution in [0.15, 0.2) is 0 Å². The summed E-state index contributed by atoms with van der Waals surface area (Å²) in [6.45, 7) is 8.88. The highest BCUT2D eigenvalue weighted by Crippen LogP contribution is 2.19. The summed E-state index contributed by atoms with van der Waals surface area (Å²) in [5, 5.41) is 3.60. The van der Waals surface area contributed by atoms with Gasteiger partial charge in [-0.25, -0.2) is 0 Å². The van der Waals surface area contributed by atoms with Gasteiger partial charge in [0.25, 0.3) is 0 Å². The van der Waals surface area contributed by atoms with E-state index in [-0.39, 0.29) is 0 Å². The zero-order valence-electron chi connectivity index (χ0n) is 11.3. The first-order chi connectivity index (χ1) is 7.72. The fourth-order valence-electron chi connectivity index (χ4n) is 2.51. The minimum Gasteiger partial charge on any atom is -0.378 e. The fourth-order valence-corrected chi connectivity index (χ4v) is 2.51. The van der Waals surface area contributed by atoms with Crippen LogP contribution in [0.25, 0.3) is 0 Å². The molecule has 2 atom stereocenters. The van der Waals surface area contributed by atoms with Crippen molar-refractivity contribution < 1.29 is 4.74 Å². The van der Waals surface area contributed by atoms with E-state index in [9.17, 15) is 0 Å². The van der Waals surface area contributed by atoms with Crippen LogP contribution in [0.1, 0.15) is 59.3 Å². The first-order valence-electron chi connectivity index (χ1n) is 7.07. The van der Waals surface area contributed by atoms with Gasteiger partial charge in [0.05, 0.1) is 6.10 Å². The second-order valence-electron chi connectivity index (χ2n) is 5.45. The number of hydrogen-bond donors (Lipinski definition) is 1. The van der Waals surface area contributed by atoms with Crippen LogP contribution in [0.4, 0.5) is 0 Å². The second-order valence-corrected chi connectivity index (χ2v) is 5.45. The third-order valence-electron chi connectivity index (χ3n) is 3.40. The molecule has 0 aromatic heterocycles. The minimum atomic E-state index is 0.531. The molecule has 2 heteroatoms. The van der Waals surface area contributed by atoms with Gasteiger partial charge in [0.2, 0.25) is 0 Å². The maximum absolute atomic E-state index is 5.72. The third-order valence-corrected chi connectivity index (χ3v) is 3.40. The van der Waals surface area contributed by atoms with Crippen LogP contribution < -0.4 is 5.32 Å². The van der Waals surface area contributed by atoms with Crippen molar-refractivity contribution in [2.45, 2.75) is 71.4 Å². The smallest absolute Gasteiger partial charge is 0.0590 e. The molecule has 0 amide bonds. The highest BCUT2D eigenvalue weighted by Gasteiger charge is 2.19. The average molecular weight is 227 g/mol. The second kappa shape index (κ2) is 8.08. The molecule has 1 aliphatic rings. The molecule has 0 saturated carbocycles. The van der Waals surface area contributed by atoms with Crippen molar-refractivity contribution >= 4 is 0 Å². The van der Waals surface area contributed by atoms with E-state index in [1.807, 2.05) is 0 Å². The van der Waals surface area contributed by atoms with Crippen LogP contribution in [-0.2, 0) is 4.74 Å². The summed E-state index contributed by atoms with van der Waals surface area (Å²) >= 11 is 0. The van der Waals surface area contributed by atoms with Gasteiger partial charge < -0.3 is 10.1 Å². The van der Waals surface area contributed by atoms with Crippen molar-refractivity contribution in [1.29, 1.82) is 0 Å². The Morgan fingerprint density at radius 2 is 2.12 bits per heavy atom. The molecule has 1 aliphatic heterocycles. The molecule has 0 spiro atoms. The van der Waals surface area contributed by atoms with E-state index >= 15 is 0 Å². The molecule has 1 heterocycles. The van der Waals surface area contributed by atoms with Crippen LogP contribution in [0.5, 0.6) is 0 Å². The molecule has 0 radical (unpaired) electrons. The van der Waals surface area contributed by atoms with Gasteiger partial charge >= 0.3 is 0 Å². The summed E-state index contributed by atoms with van der Waals surface area (Å²) in [6.07, 6.45) is 8.29. The summed E-state index contributed by atoms with van der Waals surface area (Å²) in [4.78, 5) is 0. The van der Waals surface area contributed by atoms with Gasteiger partial charge in [0.1, 0.15) is 0 Å². The van der Waals surface area contributed by atoms with Crippen molar-refractivity contribution in [3.05, 3.63) is 0 Å². The molecule has 0 aliphatic carbocycles. The van der Waals surface area contributed by atoms with Gasteiger partial charge in [-0.15, -0.1) is 0 Å². The molecular weight excluding hydrogens is 198 g/mol. The maximum atomic E-state index is 5.72. The summed E-state index contributed by atoms with van der Waals surface area (Å²) in [5.41, 5.74) is 0. The molecule has 1 saturated heterocycles. The molecule has 96 valence electrons. The molecule has 0 aromatic carbocycles. The third kappa shape index (κ3) is 5.86. The average Bonchev–Trinajstić information content (AvgIpc) is 2.70. The predicted octanol–water partition coefficient (Wildman–Crippen LogP) is 3.36. The lowest BCUT2D eigenvalue weighted by atomic mass is 9.98. The van der Waals surface area contributed by atoms with Gasteiger partial charge in [-0.1, -0.05) is 33.6 Å². The summed E-state index contributed by atoms with van der Waals surface area (Å²) in [6, 6.07) is 0.673. The van der Waals surface area contributed by atoms with E-state index in [4.69, 9.17) is 4.74 Å². The highest BCUT2D eigenvalue weighted by molar-refractivity contribution is 4.75. The Morgan fingerprint density at radius 3 is 2.69 bits per heavy atom. The molecule has 0 aromatic rings. The van der Waals surface area contributed by atoms with Crippen molar-refractivity contribution in [2.24, 2.45) is 5.92 Å². The zero-order valence-corrected chi connectivity index (χ0v) is 11.3. The summed E-state index contributed by atoms with van der Waals surface area (Å²) in [7, 11) is 0. The predicted molar refractivity (Wildman–Crippen MR) is 69.7 cm³/mol. The Labute approximate surface area is 101 Å². The van der Waals surface area contributed by atoms with E-state index in [2.05, 4.69) is 26.1 Å². The van der Waals surface area contributed by atoms with Crippen LogP contribution >= 0.6 is 0 Å². The maximum Gasteiger partial charge on any atom is 0.0590 e. The zero-order chi connectivity index (χ0) is 11.8. The fraction of sp³-hybridized carbons (Fsp3) is 1.00.